The second-order valence-corrected chi connectivity index (χ2v) is 6.48. The summed E-state index contributed by atoms with van der Waals surface area (Å²) in [7, 11) is -3.77. The molecule has 0 atom stereocenters. The summed E-state index contributed by atoms with van der Waals surface area (Å²) in [6.07, 6.45) is -0.198. The number of furan rings is 1. The van der Waals surface area contributed by atoms with E-state index in [2.05, 4.69) is 0 Å². The van der Waals surface area contributed by atoms with Crippen molar-refractivity contribution in [1.29, 1.82) is 0 Å². The molecule has 0 saturated heterocycles. The summed E-state index contributed by atoms with van der Waals surface area (Å²) in [6.45, 7) is 1.12. The van der Waals surface area contributed by atoms with Crippen molar-refractivity contribution in [2.75, 3.05) is 5.75 Å². The van der Waals surface area contributed by atoms with Crippen molar-refractivity contribution in [1.82, 2.24) is 0 Å². The van der Waals surface area contributed by atoms with Gasteiger partial charge in [-0.1, -0.05) is 0 Å². The second-order valence-electron chi connectivity index (χ2n) is 4.75. The smallest absolute Gasteiger partial charge is 0.308 e. The molecule has 0 spiro atoms. The Balaban J connectivity index is 2.46. The molecule has 0 saturated carbocycles. The lowest BCUT2D eigenvalue weighted by Gasteiger charge is -2.01. The molecular formula is C14H14FNO6S. The first-order chi connectivity index (χ1) is 10.7. The van der Waals surface area contributed by atoms with Crippen LogP contribution in [0.1, 0.15) is 12.7 Å². The van der Waals surface area contributed by atoms with Gasteiger partial charge in [-0.3, -0.25) is 4.79 Å². The lowest BCUT2D eigenvalue weighted by molar-refractivity contribution is -0.132. The molecule has 0 aliphatic heterocycles. The number of esters is 1. The standard InChI is InChI=1S/C14H14FNO6S/c1-8(17)21-14-11(6-7-23(16,19)20)22-13(12(14)18)9-2-4-10(15)5-3-9/h2-5,18H,6-7H2,1H3,(H2,16,19,20). The number of primary sulfonamides is 1. The Hall–Kier alpha value is -2.39. The summed E-state index contributed by atoms with van der Waals surface area (Å²) in [5, 5.41) is 15.1. The highest BCUT2D eigenvalue weighted by atomic mass is 32.2. The van der Waals surface area contributed by atoms with Crippen LogP contribution in [0.25, 0.3) is 11.3 Å². The van der Waals surface area contributed by atoms with Crippen LogP contribution >= 0.6 is 0 Å². The highest BCUT2D eigenvalue weighted by Gasteiger charge is 2.24. The van der Waals surface area contributed by atoms with Gasteiger partial charge in [0.1, 0.15) is 5.82 Å². The zero-order valence-corrected chi connectivity index (χ0v) is 12.9. The van der Waals surface area contributed by atoms with Gasteiger partial charge in [0.05, 0.1) is 5.75 Å². The van der Waals surface area contributed by atoms with Gasteiger partial charge in [0.25, 0.3) is 0 Å². The number of hydrogen-bond donors (Lipinski definition) is 2. The van der Waals surface area contributed by atoms with E-state index in [1.54, 1.807) is 0 Å². The van der Waals surface area contributed by atoms with E-state index in [1.165, 1.54) is 12.1 Å². The van der Waals surface area contributed by atoms with E-state index < -0.39 is 33.3 Å². The Morgan fingerprint density at radius 3 is 2.48 bits per heavy atom. The van der Waals surface area contributed by atoms with E-state index in [4.69, 9.17) is 14.3 Å². The Bertz CT molecular complexity index is 826. The molecule has 2 aromatic rings. The lowest BCUT2D eigenvalue weighted by Crippen LogP contribution is -2.18. The highest BCUT2D eigenvalue weighted by Crippen LogP contribution is 2.43. The molecule has 0 bridgehead atoms. The van der Waals surface area contributed by atoms with Gasteiger partial charge in [0, 0.05) is 18.9 Å². The van der Waals surface area contributed by atoms with E-state index in [9.17, 15) is 22.7 Å². The van der Waals surface area contributed by atoms with E-state index >= 15 is 0 Å². The monoisotopic (exact) mass is 343 g/mol. The normalized spacial score (nSPS) is 11.4. The Morgan fingerprint density at radius 2 is 1.96 bits per heavy atom. The molecular weight excluding hydrogens is 329 g/mol. The van der Waals surface area contributed by atoms with Crippen LogP contribution in [0.15, 0.2) is 28.7 Å². The molecule has 0 amide bonds. The van der Waals surface area contributed by atoms with Crippen LogP contribution in [0.2, 0.25) is 0 Å². The molecule has 23 heavy (non-hydrogen) atoms. The predicted octanol–water partition coefficient (Wildman–Crippen LogP) is 1.55. The SMILES string of the molecule is CC(=O)Oc1c(CCS(N)(=O)=O)oc(-c2ccc(F)cc2)c1O. The quantitative estimate of drug-likeness (QED) is 0.795. The fraction of sp³-hybridized carbons (Fsp3) is 0.214. The van der Waals surface area contributed by atoms with Crippen molar-refractivity contribution in [3.8, 4) is 22.8 Å². The van der Waals surface area contributed by atoms with Gasteiger partial charge >= 0.3 is 5.97 Å². The van der Waals surface area contributed by atoms with Crippen LogP contribution in [0.3, 0.4) is 0 Å². The number of nitrogens with two attached hydrogens (primary N) is 1. The van der Waals surface area contributed by atoms with Crippen LogP contribution in [0.5, 0.6) is 11.5 Å². The summed E-state index contributed by atoms with van der Waals surface area (Å²) >= 11 is 0. The molecule has 7 nitrogen and oxygen atoms in total. The fourth-order valence-electron chi connectivity index (χ4n) is 1.90. The topological polar surface area (TPSA) is 120 Å². The van der Waals surface area contributed by atoms with Gasteiger partial charge in [-0.2, -0.15) is 0 Å². The minimum absolute atomic E-state index is 0.0500. The zero-order chi connectivity index (χ0) is 17.2. The second kappa shape index (κ2) is 6.39. The maximum Gasteiger partial charge on any atom is 0.308 e. The summed E-state index contributed by atoms with van der Waals surface area (Å²) in [6, 6.07) is 5.03. The highest BCUT2D eigenvalue weighted by molar-refractivity contribution is 7.89. The van der Waals surface area contributed by atoms with E-state index in [1.807, 2.05) is 0 Å². The number of rotatable bonds is 5. The van der Waals surface area contributed by atoms with Gasteiger partial charge in [-0.15, -0.1) is 0 Å². The molecule has 0 fully saturated rings. The lowest BCUT2D eigenvalue weighted by atomic mass is 10.1. The van der Waals surface area contributed by atoms with Crippen molar-refractivity contribution in [3.63, 3.8) is 0 Å². The number of halogens is 1. The molecule has 3 N–H and O–H groups in total. The van der Waals surface area contributed by atoms with Gasteiger partial charge in [-0.25, -0.2) is 17.9 Å². The summed E-state index contributed by atoms with van der Waals surface area (Å²) in [5.41, 5.74) is 0.333. The van der Waals surface area contributed by atoms with Gasteiger partial charge < -0.3 is 14.3 Å². The van der Waals surface area contributed by atoms with Crippen LogP contribution in [0, 0.1) is 5.82 Å². The third kappa shape index (κ3) is 4.30. The van der Waals surface area contributed by atoms with Crippen molar-refractivity contribution in [3.05, 3.63) is 35.8 Å². The molecule has 0 unspecified atom stereocenters. The Morgan fingerprint density at radius 1 is 1.35 bits per heavy atom. The van der Waals surface area contributed by atoms with Gasteiger partial charge in [0.2, 0.25) is 21.5 Å². The maximum atomic E-state index is 13.0. The van der Waals surface area contributed by atoms with Crippen LogP contribution in [-0.4, -0.2) is 25.2 Å². The molecule has 9 heteroatoms. The first kappa shape index (κ1) is 17.0. The largest absolute Gasteiger partial charge is 0.502 e. The van der Waals surface area contributed by atoms with Crippen LogP contribution in [-0.2, 0) is 21.2 Å². The van der Waals surface area contributed by atoms with Crippen molar-refractivity contribution in [2.24, 2.45) is 5.14 Å². The molecule has 1 aromatic heterocycles. The van der Waals surface area contributed by atoms with Gasteiger partial charge in [0.15, 0.2) is 11.5 Å². The van der Waals surface area contributed by atoms with Crippen LogP contribution < -0.4 is 9.88 Å². The van der Waals surface area contributed by atoms with E-state index in [-0.39, 0.29) is 23.7 Å². The molecule has 0 aliphatic carbocycles. The van der Waals surface area contributed by atoms with Gasteiger partial charge in [-0.05, 0) is 24.3 Å². The summed E-state index contributed by atoms with van der Waals surface area (Å²) in [4.78, 5) is 11.1. The van der Waals surface area contributed by atoms with E-state index in [0.29, 0.717) is 5.56 Å². The number of benzene rings is 1. The Kier molecular flexibility index (Phi) is 4.71. The number of carbonyl (C=O) groups excluding carboxylic acids is 1. The summed E-state index contributed by atoms with van der Waals surface area (Å²) < 4.78 is 45.4. The van der Waals surface area contributed by atoms with Crippen molar-refractivity contribution >= 4 is 16.0 Å². The number of ether oxygens (including phenoxy) is 1. The van der Waals surface area contributed by atoms with Crippen LogP contribution in [0.4, 0.5) is 4.39 Å². The average Bonchev–Trinajstić information content (AvgIpc) is 2.74. The van der Waals surface area contributed by atoms with Crippen molar-refractivity contribution in [2.45, 2.75) is 13.3 Å². The molecule has 1 aromatic carbocycles. The zero-order valence-electron chi connectivity index (χ0n) is 12.1. The Labute approximate surface area is 131 Å². The number of aryl methyl sites for hydroxylation is 1. The number of carbonyl (C=O) groups is 1. The minimum atomic E-state index is -3.77. The predicted molar refractivity (Wildman–Crippen MR) is 78.8 cm³/mol. The molecule has 0 aliphatic rings. The number of hydrogen-bond acceptors (Lipinski definition) is 6. The number of sulfonamides is 1. The third-order valence-electron chi connectivity index (χ3n) is 2.87. The summed E-state index contributed by atoms with van der Waals surface area (Å²) in [5.74, 6) is -2.52. The maximum absolute atomic E-state index is 13.0. The third-order valence-corrected chi connectivity index (χ3v) is 3.65. The first-order valence-electron chi connectivity index (χ1n) is 6.47. The molecule has 2 rings (SSSR count). The van der Waals surface area contributed by atoms with Crippen molar-refractivity contribution < 1.29 is 31.9 Å². The first-order valence-corrected chi connectivity index (χ1v) is 8.18. The fourth-order valence-corrected chi connectivity index (χ4v) is 2.37. The molecule has 1 heterocycles. The molecule has 124 valence electrons. The number of aromatic hydroxyl groups is 1. The van der Waals surface area contributed by atoms with E-state index in [0.717, 1.165) is 19.1 Å². The minimum Gasteiger partial charge on any atom is -0.502 e. The average molecular weight is 343 g/mol. The molecule has 0 radical (unpaired) electrons.